The second-order valence-corrected chi connectivity index (χ2v) is 6.10. The molecule has 0 aliphatic heterocycles. The normalized spacial score (nSPS) is 10.8. The zero-order chi connectivity index (χ0) is 14.9. The zero-order valence-electron chi connectivity index (χ0n) is 11.8. The van der Waals surface area contributed by atoms with Gasteiger partial charge in [0.15, 0.2) is 5.78 Å². The lowest BCUT2D eigenvalue weighted by Gasteiger charge is -2.08. The third-order valence-electron chi connectivity index (χ3n) is 3.42. The van der Waals surface area contributed by atoms with Crippen molar-refractivity contribution in [3.63, 3.8) is 0 Å². The molecule has 0 bridgehead atoms. The van der Waals surface area contributed by atoms with Gasteiger partial charge >= 0.3 is 0 Å². The van der Waals surface area contributed by atoms with E-state index < -0.39 is 0 Å². The second kappa shape index (κ2) is 6.15. The molecule has 4 heteroatoms. The molecule has 0 radical (unpaired) electrons. The van der Waals surface area contributed by atoms with Crippen LogP contribution < -0.4 is 0 Å². The number of hydrogen-bond acceptors (Lipinski definition) is 1. The van der Waals surface area contributed by atoms with Gasteiger partial charge < -0.3 is 4.57 Å². The van der Waals surface area contributed by atoms with Crippen molar-refractivity contribution < 1.29 is 4.79 Å². The van der Waals surface area contributed by atoms with Crippen LogP contribution in [-0.4, -0.2) is 10.4 Å². The van der Waals surface area contributed by atoms with Crippen LogP contribution in [-0.2, 0) is 7.05 Å². The van der Waals surface area contributed by atoms with Crippen LogP contribution in [0, 0.1) is 6.92 Å². The van der Waals surface area contributed by atoms with E-state index in [1.54, 1.807) is 0 Å². The van der Waals surface area contributed by atoms with Crippen molar-refractivity contribution in [2.45, 2.75) is 26.7 Å². The lowest BCUT2D eigenvalue weighted by Crippen LogP contribution is -2.07. The first-order valence-corrected chi connectivity index (χ1v) is 7.78. The van der Waals surface area contributed by atoms with Crippen LogP contribution in [0.5, 0.6) is 0 Å². The summed E-state index contributed by atoms with van der Waals surface area (Å²) >= 11 is 9.50. The number of hydrogen-bond donors (Lipinski definition) is 0. The number of nitrogens with zero attached hydrogens (tertiary/aromatic N) is 1. The minimum atomic E-state index is 0.171. The summed E-state index contributed by atoms with van der Waals surface area (Å²) in [5.74, 6) is 0.171. The van der Waals surface area contributed by atoms with E-state index in [9.17, 15) is 4.79 Å². The molecule has 0 N–H and O–H groups in total. The van der Waals surface area contributed by atoms with Crippen LogP contribution in [0.25, 0.3) is 11.3 Å². The molecule has 0 spiro atoms. The quantitative estimate of drug-likeness (QED) is 0.674. The van der Waals surface area contributed by atoms with Crippen molar-refractivity contribution in [2.24, 2.45) is 7.05 Å². The Morgan fingerprint density at radius 3 is 2.45 bits per heavy atom. The third kappa shape index (κ3) is 2.70. The summed E-state index contributed by atoms with van der Waals surface area (Å²) in [6.07, 6.45) is 1.42. The molecular weight excluding hydrogens is 338 g/mol. The van der Waals surface area contributed by atoms with Crippen LogP contribution in [0.15, 0.2) is 28.7 Å². The Kier molecular flexibility index (Phi) is 4.71. The summed E-state index contributed by atoms with van der Waals surface area (Å²) < 4.78 is 2.86. The molecule has 1 aromatic carbocycles. The maximum absolute atomic E-state index is 12.3. The zero-order valence-corrected chi connectivity index (χ0v) is 14.2. The molecule has 1 heterocycles. The van der Waals surface area contributed by atoms with Gasteiger partial charge in [0.2, 0.25) is 0 Å². The first-order valence-electron chi connectivity index (χ1n) is 6.61. The topological polar surface area (TPSA) is 22.0 Å². The summed E-state index contributed by atoms with van der Waals surface area (Å²) in [4.78, 5) is 12.3. The van der Waals surface area contributed by atoms with Gasteiger partial charge in [0, 0.05) is 23.0 Å². The molecule has 2 aromatic rings. The predicted molar refractivity (Wildman–Crippen MR) is 87.5 cm³/mol. The van der Waals surface area contributed by atoms with E-state index >= 15 is 0 Å². The number of rotatable bonds is 4. The third-order valence-corrected chi connectivity index (χ3v) is 4.64. The van der Waals surface area contributed by atoms with E-state index in [1.807, 2.05) is 49.7 Å². The van der Waals surface area contributed by atoms with Crippen molar-refractivity contribution in [1.82, 2.24) is 4.57 Å². The highest BCUT2D eigenvalue weighted by molar-refractivity contribution is 9.10. The van der Waals surface area contributed by atoms with Crippen molar-refractivity contribution in [3.8, 4) is 11.3 Å². The Labute approximate surface area is 132 Å². The molecule has 20 heavy (non-hydrogen) atoms. The molecule has 0 amide bonds. The number of carbonyl (C=O) groups is 1. The minimum Gasteiger partial charge on any atom is -0.340 e. The van der Waals surface area contributed by atoms with Crippen molar-refractivity contribution in [2.75, 3.05) is 0 Å². The molecule has 0 unspecified atom stereocenters. The average Bonchev–Trinajstić information content (AvgIpc) is 2.62. The van der Waals surface area contributed by atoms with Gasteiger partial charge in [-0.3, -0.25) is 4.79 Å². The van der Waals surface area contributed by atoms with E-state index in [0.717, 1.165) is 33.4 Å². The number of Topliss-reactive ketones (excluding diaryl/α,β-unsaturated/α-hetero) is 1. The Bertz CT molecular complexity index is 643. The Hall–Kier alpha value is -1.06. The maximum Gasteiger partial charge on any atom is 0.180 e. The molecule has 0 atom stereocenters. The molecular formula is C16H17BrClNO. The largest absolute Gasteiger partial charge is 0.340 e. The Morgan fingerprint density at radius 2 is 1.90 bits per heavy atom. The van der Waals surface area contributed by atoms with Crippen molar-refractivity contribution in [3.05, 3.63) is 45.0 Å². The average molecular weight is 355 g/mol. The van der Waals surface area contributed by atoms with Gasteiger partial charge in [-0.05, 0) is 52.5 Å². The van der Waals surface area contributed by atoms with E-state index in [4.69, 9.17) is 11.6 Å². The highest BCUT2D eigenvalue weighted by Gasteiger charge is 2.21. The smallest absolute Gasteiger partial charge is 0.180 e. The number of carbonyl (C=O) groups excluding carboxylic acids is 1. The van der Waals surface area contributed by atoms with Crippen molar-refractivity contribution in [1.29, 1.82) is 0 Å². The first-order chi connectivity index (χ1) is 9.47. The van der Waals surface area contributed by atoms with Crippen LogP contribution in [0.1, 0.15) is 35.8 Å². The second-order valence-electron chi connectivity index (χ2n) is 4.88. The molecule has 106 valence electrons. The number of aromatic nitrogens is 1. The summed E-state index contributed by atoms with van der Waals surface area (Å²) in [6, 6.07) is 7.69. The van der Waals surface area contributed by atoms with Crippen LogP contribution >= 0.6 is 27.5 Å². The standard InChI is InChI=1S/C16H17BrClNO/c1-4-5-13(20)16-14(17)10(2)15(19(16)3)11-6-8-12(18)9-7-11/h6-9H,4-5H2,1-3H3. The Balaban J connectivity index is 2.58. The fraction of sp³-hybridized carbons (Fsp3) is 0.312. The molecule has 0 saturated heterocycles. The van der Waals surface area contributed by atoms with Gasteiger partial charge in [0.25, 0.3) is 0 Å². The van der Waals surface area contributed by atoms with Gasteiger partial charge in [-0.1, -0.05) is 30.7 Å². The fourth-order valence-corrected chi connectivity index (χ4v) is 3.27. The summed E-state index contributed by atoms with van der Waals surface area (Å²) in [7, 11) is 1.94. The van der Waals surface area contributed by atoms with Crippen LogP contribution in [0.2, 0.25) is 5.02 Å². The highest BCUT2D eigenvalue weighted by atomic mass is 79.9. The first kappa shape index (κ1) is 15.3. The molecule has 2 nitrogen and oxygen atoms in total. The van der Waals surface area contributed by atoms with Gasteiger partial charge in [0.05, 0.1) is 11.4 Å². The molecule has 0 aliphatic rings. The number of ketones is 1. The van der Waals surface area contributed by atoms with E-state index in [-0.39, 0.29) is 5.78 Å². The molecule has 0 aliphatic carbocycles. The predicted octanol–water partition coefficient (Wildman–Crippen LogP) is 5.40. The minimum absolute atomic E-state index is 0.171. The summed E-state index contributed by atoms with van der Waals surface area (Å²) in [5, 5.41) is 0.710. The fourth-order valence-electron chi connectivity index (χ4n) is 2.46. The summed E-state index contributed by atoms with van der Waals surface area (Å²) in [6.45, 7) is 4.04. The number of halogens is 2. The molecule has 0 saturated carbocycles. The van der Waals surface area contributed by atoms with E-state index in [0.29, 0.717) is 11.4 Å². The van der Waals surface area contributed by atoms with Crippen LogP contribution in [0.3, 0.4) is 0 Å². The van der Waals surface area contributed by atoms with E-state index in [2.05, 4.69) is 15.9 Å². The molecule has 1 aromatic heterocycles. The lowest BCUT2D eigenvalue weighted by atomic mass is 10.1. The van der Waals surface area contributed by atoms with Gasteiger partial charge in [0.1, 0.15) is 0 Å². The van der Waals surface area contributed by atoms with E-state index in [1.165, 1.54) is 0 Å². The lowest BCUT2D eigenvalue weighted by molar-refractivity contribution is 0.0973. The Morgan fingerprint density at radius 1 is 1.30 bits per heavy atom. The maximum atomic E-state index is 12.3. The van der Waals surface area contributed by atoms with Gasteiger partial charge in [-0.25, -0.2) is 0 Å². The SMILES string of the molecule is CCCC(=O)c1c(Br)c(C)c(-c2ccc(Cl)cc2)n1C. The van der Waals surface area contributed by atoms with Crippen LogP contribution in [0.4, 0.5) is 0 Å². The van der Waals surface area contributed by atoms with Gasteiger partial charge in [-0.2, -0.15) is 0 Å². The highest BCUT2D eigenvalue weighted by Crippen LogP contribution is 2.35. The van der Waals surface area contributed by atoms with Gasteiger partial charge in [-0.15, -0.1) is 0 Å². The number of benzene rings is 1. The monoisotopic (exact) mass is 353 g/mol. The van der Waals surface area contributed by atoms with Crippen molar-refractivity contribution >= 4 is 33.3 Å². The summed E-state index contributed by atoms with van der Waals surface area (Å²) in [5.41, 5.74) is 3.93. The molecule has 0 fully saturated rings. The molecule has 2 rings (SSSR count).